The van der Waals surface area contributed by atoms with Crippen LogP contribution in [0.2, 0.25) is 5.02 Å². The second-order valence-corrected chi connectivity index (χ2v) is 8.69. The first-order valence-electron chi connectivity index (χ1n) is 11.3. The number of fused-ring (bicyclic) bond motifs is 1. The molecule has 0 aliphatic carbocycles. The molecule has 0 fully saturated rings. The lowest BCUT2D eigenvalue weighted by Crippen LogP contribution is -2.36. The molecule has 1 heterocycles. The molecule has 0 saturated heterocycles. The summed E-state index contributed by atoms with van der Waals surface area (Å²) in [5, 5.41) is 6.50. The minimum absolute atomic E-state index is 0.133. The van der Waals surface area contributed by atoms with Crippen LogP contribution in [-0.2, 0) is 9.59 Å². The molecule has 0 radical (unpaired) electrons. The average molecular weight is 505 g/mol. The van der Waals surface area contributed by atoms with Crippen molar-refractivity contribution < 1.29 is 19.1 Å². The summed E-state index contributed by atoms with van der Waals surface area (Å²) in [4.78, 5) is 38.6. The van der Waals surface area contributed by atoms with Gasteiger partial charge in [-0.2, -0.15) is 0 Å². The van der Waals surface area contributed by atoms with Crippen molar-refractivity contribution in [2.45, 2.75) is 20.8 Å². The first-order chi connectivity index (χ1) is 17.2. The van der Waals surface area contributed by atoms with Crippen LogP contribution in [0.1, 0.15) is 28.5 Å². The molecule has 0 atom stereocenters. The molecule has 0 spiro atoms. The van der Waals surface area contributed by atoms with Crippen LogP contribution in [0.4, 0.5) is 11.4 Å². The van der Waals surface area contributed by atoms with E-state index in [-0.39, 0.29) is 5.69 Å². The van der Waals surface area contributed by atoms with E-state index in [0.717, 1.165) is 11.1 Å². The number of aromatic nitrogens is 1. The van der Waals surface area contributed by atoms with Crippen molar-refractivity contribution >= 4 is 51.6 Å². The van der Waals surface area contributed by atoms with E-state index in [4.69, 9.17) is 16.3 Å². The van der Waals surface area contributed by atoms with Gasteiger partial charge in [-0.1, -0.05) is 17.7 Å². The number of hydrogen-bond donors (Lipinski definition) is 3. The summed E-state index contributed by atoms with van der Waals surface area (Å²) >= 11 is 6.13. The number of carbonyl (C=O) groups excluding carboxylic acids is 3. The van der Waals surface area contributed by atoms with Crippen LogP contribution in [0.3, 0.4) is 0 Å². The Balaban J connectivity index is 1.58. The zero-order valence-electron chi connectivity index (χ0n) is 20.0. The van der Waals surface area contributed by atoms with Crippen molar-refractivity contribution in [1.82, 2.24) is 4.68 Å². The number of amides is 3. The molecule has 184 valence electrons. The second-order valence-electron chi connectivity index (χ2n) is 8.25. The van der Waals surface area contributed by atoms with Gasteiger partial charge in [-0.25, -0.2) is 4.68 Å². The fraction of sp³-hybridized carbons (Fsp3) is 0.148. The predicted octanol–water partition coefficient (Wildman–Crippen LogP) is 5.27. The molecular weight excluding hydrogens is 480 g/mol. The van der Waals surface area contributed by atoms with Gasteiger partial charge in [0.05, 0.1) is 12.1 Å². The molecule has 36 heavy (non-hydrogen) atoms. The van der Waals surface area contributed by atoms with E-state index >= 15 is 0 Å². The molecule has 3 amide bonds. The lowest BCUT2D eigenvalue weighted by Gasteiger charge is -2.13. The summed E-state index contributed by atoms with van der Waals surface area (Å²) in [7, 11) is 0. The van der Waals surface area contributed by atoms with Crippen LogP contribution in [0.15, 0.2) is 66.7 Å². The zero-order chi connectivity index (χ0) is 25.8. The molecule has 8 nitrogen and oxygen atoms in total. The van der Waals surface area contributed by atoms with Crippen molar-refractivity contribution in [3.05, 3.63) is 88.6 Å². The maximum absolute atomic E-state index is 13.2. The molecule has 0 aliphatic heterocycles. The number of carbonyl (C=O) groups is 3. The number of benzene rings is 3. The Kier molecular flexibility index (Phi) is 7.26. The van der Waals surface area contributed by atoms with E-state index in [1.807, 2.05) is 39.0 Å². The van der Waals surface area contributed by atoms with Crippen molar-refractivity contribution in [2.75, 3.05) is 22.7 Å². The Bertz CT molecular complexity index is 1440. The molecule has 4 rings (SSSR count). The highest BCUT2D eigenvalue weighted by atomic mass is 35.5. The number of rotatable bonds is 6. The van der Waals surface area contributed by atoms with Crippen molar-refractivity contribution in [3.8, 4) is 5.75 Å². The van der Waals surface area contributed by atoms with Crippen LogP contribution >= 0.6 is 11.6 Å². The van der Waals surface area contributed by atoms with Gasteiger partial charge in [-0.3, -0.25) is 19.8 Å². The standard InChI is InChI=1S/C27H25ClN4O4/c1-4-36-22-8-6-20(7-9-22)29-26(34)27(35)31-32-23-10-5-19(28)14-18(23)15-24(32)25(33)30-21-12-16(2)11-17(3)13-21/h5-15H,4H2,1-3H3,(H,29,34)(H,30,33)(H,31,35). The SMILES string of the molecule is CCOc1ccc(NC(=O)C(=O)Nn2c(C(=O)Nc3cc(C)cc(C)c3)cc3cc(Cl)ccc32)cc1. The van der Waals surface area contributed by atoms with Gasteiger partial charge >= 0.3 is 11.8 Å². The summed E-state index contributed by atoms with van der Waals surface area (Å²) in [6.45, 7) is 6.26. The third-order valence-corrected chi connectivity index (χ3v) is 5.55. The van der Waals surface area contributed by atoms with Crippen LogP contribution < -0.4 is 20.8 Å². The van der Waals surface area contributed by atoms with Gasteiger partial charge in [0.25, 0.3) is 5.91 Å². The number of nitrogens with zero attached hydrogens (tertiary/aromatic N) is 1. The van der Waals surface area contributed by atoms with Crippen molar-refractivity contribution in [2.24, 2.45) is 0 Å². The van der Waals surface area contributed by atoms with E-state index in [9.17, 15) is 14.4 Å². The Morgan fingerprint density at radius 3 is 2.19 bits per heavy atom. The molecule has 4 aromatic rings. The Hall–Kier alpha value is -4.30. The molecule has 1 aromatic heterocycles. The monoisotopic (exact) mass is 504 g/mol. The van der Waals surface area contributed by atoms with Gasteiger partial charge in [0.2, 0.25) is 0 Å². The Labute approximate surface area is 213 Å². The number of aryl methyl sites for hydroxylation is 2. The molecule has 0 aliphatic rings. The van der Waals surface area contributed by atoms with Gasteiger partial charge in [-0.15, -0.1) is 0 Å². The number of nitrogens with one attached hydrogen (secondary N) is 3. The largest absolute Gasteiger partial charge is 0.494 e. The van der Waals surface area contributed by atoms with E-state index in [2.05, 4.69) is 16.1 Å². The molecule has 0 bridgehead atoms. The number of anilines is 2. The smallest absolute Gasteiger partial charge is 0.328 e. The highest BCUT2D eigenvalue weighted by Gasteiger charge is 2.21. The van der Waals surface area contributed by atoms with Crippen molar-refractivity contribution in [3.63, 3.8) is 0 Å². The lowest BCUT2D eigenvalue weighted by atomic mass is 10.1. The number of halogens is 1. The zero-order valence-corrected chi connectivity index (χ0v) is 20.8. The maximum atomic E-state index is 13.2. The highest BCUT2D eigenvalue weighted by Crippen LogP contribution is 2.24. The predicted molar refractivity (Wildman–Crippen MR) is 141 cm³/mol. The van der Waals surface area contributed by atoms with Crippen LogP contribution in [0.25, 0.3) is 10.9 Å². The van der Waals surface area contributed by atoms with E-state index < -0.39 is 17.7 Å². The van der Waals surface area contributed by atoms with E-state index in [1.165, 1.54) is 4.68 Å². The summed E-state index contributed by atoms with van der Waals surface area (Å²) in [6, 6.07) is 18.9. The maximum Gasteiger partial charge on any atom is 0.328 e. The Morgan fingerprint density at radius 1 is 0.833 bits per heavy atom. The van der Waals surface area contributed by atoms with Gasteiger partial charge in [0.15, 0.2) is 0 Å². The molecule has 0 unspecified atom stereocenters. The third kappa shape index (κ3) is 5.67. The fourth-order valence-corrected chi connectivity index (χ4v) is 4.04. The summed E-state index contributed by atoms with van der Waals surface area (Å²) in [5.41, 5.74) is 6.21. The molecule has 3 aromatic carbocycles. The second kappa shape index (κ2) is 10.5. The third-order valence-electron chi connectivity index (χ3n) is 5.32. The Morgan fingerprint density at radius 2 is 1.53 bits per heavy atom. The first-order valence-corrected chi connectivity index (χ1v) is 11.7. The molecule has 0 saturated carbocycles. The summed E-state index contributed by atoms with van der Waals surface area (Å²) < 4.78 is 6.66. The van der Waals surface area contributed by atoms with Crippen LogP contribution in [0.5, 0.6) is 5.75 Å². The number of hydrogen-bond acceptors (Lipinski definition) is 4. The number of ether oxygens (including phenoxy) is 1. The quantitative estimate of drug-likeness (QED) is 0.311. The normalized spacial score (nSPS) is 10.7. The van der Waals surface area contributed by atoms with Gasteiger partial charge in [0.1, 0.15) is 11.4 Å². The minimum atomic E-state index is -0.947. The molecule has 9 heteroatoms. The van der Waals surface area contributed by atoms with Crippen LogP contribution in [0, 0.1) is 13.8 Å². The van der Waals surface area contributed by atoms with Crippen molar-refractivity contribution in [1.29, 1.82) is 0 Å². The lowest BCUT2D eigenvalue weighted by molar-refractivity contribution is -0.133. The van der Waals surface area contributed by atoms with Gasteiger partial charge < -0.3 is 15.4 Å². The molecule has 3 N–H and O–H groups in total. The topological polar surface area (TPSA) is 101 Å². The summed E-state index contributed by atoms with van der Waals surface area (Å²) in [5.74, 6) is -1.65. The summed E-state index contributed by atoms with van der Waals surface area (Å²) in [6.07, 6.45) is 0. The van der Waals surface area contributed by atoms with Gasteiger partial charge in [-0.05, 0) is 92.6 Å². The van der Waals surface area contributed by atoms with E-state index in [0.29, 0.717) is 39.7 Å². The van der Waals surface area contributed by atoms with Gasteiger partial charge in [0, 0.05) is 21.8 Å². The first kappa shape index (κ1) is 24.8. The highest BCUT2D eigenvalue weighted by molar-refractivity contribution is 6.42. The minimum Gasteiger partial charge on any atom is -0.494 e. The molecular formula is C27H25ClN4O4. The fourth-order valence-electron chi connectivity index (χ4n) is 3.86. The van der Waals surface area contributed by atoms with E-state index in [1.54, 1.807) is 48.5 Å². The average Bonchev–Trinajstić information content (AvgIpc) is 3.17. The van der Waals surface area contributed by atoms with Crippen LogP contribution in [-0.4, -0.2) is 29.0 Å².